The van der Waals surface area contributed by atoms with E-state index >= 15 is 0 Å². The average Bonchev–Trinajstić information content (AvgIpc) is 2.38. The molecule has 0 aliphatic heterocycles. The van der Waals surface area contributed by atoms with E-state index < -0.39 is 11.5 Å². The zero-order valence-electron chi connectivity index (χ0n) is 10.7. The molecule has 0 fully saturated rings. The minimum atomic E-state index is -1.26. The van der Waals surface area contributed by atoms with Crippen molar-refractivity contribution in [2.45, 2.75) is 19.8 Å². The zero-order valence-corrected chi connectivity index (χ0v) is 10.7. The molecule has 0 atom stereocenters. The first-order valence-corrected chi connectivity index (χ1v) is 5.92. The standard InChI is InChI=1S/C14H14N2O3/c1-8(2)9-3-5-10(6-4-9)11-7-15-16-13(17)12(11)14(18)19/h3-8H,1-2H3,(H,16,17)(H,18,19). The normalized spacial score (nSPS) is 10.7. The minimum absolute atomic E-state index is 0.285. The lowest BCUT2D eigenvalue weighted by Crippen LogP contribution is -2.19. The van der Waals surface area contributed by atoms with Crippen molar-refractivity contribution in [1.82, 2.24) is 10.2 Å². The van der Waals surface area contributed by atoms with Crippen LogP contribution in [0.25, 0.3) is 11.1 Å². The van der Waals surface area contributed by atoms with Crippen molar-refractivity contribution in [3.63, 3.8) is 0 Å². The van der Waals surface area contributed by atoms with E-state index in [2.05, 4.69) is 24.0 Å². The number of carboxylic acids is 1. The molecule has 1 aromatic carbocycles. The van der Waals surface area contributed by atoms with Gasteiger partial charge in [0.2, 0.25) is 0 Å². The molecule has 2 N–H and O–H groups in total. The summed E-state index contributed by atoms with van der Waals surface area (Å²) in [6, 6.07) is 7.45. The largest absolute Gasteiger partial charge is 0.477 e. The second-order valence-corrected chi connectivity index (χ2v) is 4.57. The highest BCUT2D eigenvalue weighted by Crippen LogP contribution is 2.23. The number of nitrogens with one attached hydrogen (secondary N) is 1. The lowest BCUT2D eigenvalue weighted by Gasteiger charge is -2.08. The first-order chi connectivity index (χ1) is 9.00. The van der Waals surface area contributed by atoms with Gasteiger partial charge in [-0.1, -0.05) is 38.1 Å². The molecule has 98 valence electrons. The SMILES string of the molecule is CC(C)c1ccc(-c2cn[nH]c(=O)c2C(=O)O)cc1. The zero-order chi connectivity index (χ0) is 14.0. The Labute approximate surface area is 109 Å². The van der Waals surface area contributed by atoms with E-state index in [1.54, 1.807) is 12.1 Å². The van der Waals surface area contributed by atoms with Gasteiger partial charge in [0.15, 0.2) is 0 Å². The van der Waals surface area contributed by atoms with E-state index in [-0.39, 0.29) is 5.56 Å². The van der Waals surface area contributed by atoms with E-state index in [4.69, 9.17) is 5.11 Å². The molecule has 5 nitrogen and oxygen atoms in total. The number of carboxylic acid groups (broad SMARTS) is 1. The van der Waals surface area contributed by atoms with Gasteiger partial charge < -0.3 is 5.11 Å². The van der Waals surface area contributed by atoms with Gasteiger partial charge in [-0.15, -0.1) is 0 Å². The number of nitrogens with zero attached hydrogens (tertiary/aromatic N) is 1. The average molecular weight is 258 g/mol. The Bertz CT molecular complexity index is 657. The lowest BCUT2D eigenvalue weighted by molar-refractivity contribution is 0.0695. The summed E-state index contributed by atoms with van der Waals surface area (Å²) in [5, 5.41) is 14.9. The second kappa shape index (κ2) is 5.06. The highest BCUT2D eigenvalue weighted by molar-refractivity contribution is 5.95. The van der Waals surface area contributed by atoms with Crippen LogP contribution in [0.15, 0.2) is 35.3 Å². The molecular weight excluding hydrogens is 244 g/mol. The molecule has 0 amide bonds. The molecular formula is C14H14N2O3. The third kappa shape index (κ3) is 2.54. The fourth-order valence-electron chi connectivity index (χ4n) is 1.88. The molecule has 2 aromatic rings. The molecule has 0 bridgehead atoms. The number of rotatable bonds is 3. The van der Waals surface area contributed by atoms with Gasteiger partial charge in [-0.3, -0.25) is 4.79 Å². The van der Waals surface area contributed by atoms with Gasteiger partial charge in [0.25, 0.3) is 5.56 Å². The summed E-state index contributed by atoms with van der Waals surface area (Å²) in [6.07, 6.45) is 1.36. The van der Waals surface area contributed by atoms with Gasteiger partial charge in [-0.05, 0) is 17.0 Å². The summed E-state index contributed by atoms with van der Waals surface area (Å²) in [4.78, 5) is 22.7. The van der Waals surface area contributed by atoms with Crippen molar-refractivity contribution >= 4 is 5.97 Å². The van der Waals surface area contributed by atoms with E-state index in [1.807, 2.05) is 12.1 Å². The van der Waals surface area contributed by atoms with E-state index in [0.717, 1.165) is 5.56 Å². The van der Waals surface area contributed by atoms with Crippen molar-refractivity contribution in [1.29, 1.82) is 0 Å². The smallest absolute Gasteiger partial charge is 0.342 e. The summed E-state index contributed by atoms with van der Waals surface area (Å²) in [5.74, 6) is -0.864. The van der Waals surface area contributed by atoms with Crippen molar-refractivity contribution in [3.8, 4) is 11.1 Å². The van der Waals surface area contributed by atoms with Crippen LogP contribution in [0.5, 0.6) is 0 Å². The summed E-state index contributed by atoms with van der Waals surface area (Å²) < 4.78 is 0. The van der Waals surface area contributed by atoms with Gasteiger partial charge in [0, 0.05) is 5.56 Å². The van der Waals surface area contributed by atoms with Crippen molar-refractivity contribution in [3.05, 3.63) is 51.9 Å². The molecule has 1 heterocycles. The number of aromatic carboxylic acids is 1. The summed E-state index contributed by atoms with van der Waals surface area (Å²) >= 11 is 0. The van der Waals surface area contributed by atoms with Crippen LogP contribution in [0.2, 0.25) is 0 Å². The van der Waals surface area contributed by atoms with Crippen molar-refractivity contribution in [2.24, 2.45) is 0 Å². The van der Waals surface area contributed by atoms with Crippen LogP contribution >= 0.6 is 0 Å². The number of H-pyrrole nitrogens is 1. The van der Waals surface area contributed by atoms with E-state index in [1.165, 1.54) is 6.20 Å². The van der Waals surface area contributed by atoms with E-state index in [0.29, 0.717) is 17.0 Å². The van der Waals surface area contributed by atoms with Crippen LogP contribution in [0.3, 0.4) is 0 Å². The molecule has 0 saturated carbocycles. The molecule has 0 saturated heterocycles. The Morgan fingerprint density at radius 1 is 1.26 bits per heavy atom. The fourth-order valence-corrected chi connectivity index (χ4v) is 1.88. The monoisotopic (exact) mass is 258 g/mol. The van der Waals surface area contributed by atoms with Crippen LogP contribution < -0.4 is 5.56 Å². The van der Waals surface area contributed by atoms with Crippen LogP contribution in [0.4, 0.5) is 0 Å². The number of hydrogen-bond donors (Lipinski definition) is 2. The maximum atomic E-state index is 11.5. The Morgan fingerprint density at radius 2 is 1.89 bits per heavy atom. The summed E-state index contributed by atoms with van der Waals surface area (Å²) in [7, 11) is 0. The lowest BCUT2D eigenvalue weighted by atomic mass is 9.98. The number of aromatic amines is 1. The summed E-state index contributed by atoms with van der Waals surface area (Å²) in [6.45, 7) is 4.15. The topological polar surface area (TPSA) is 83.0 Å². The fraction of sp³-hybridized carbons (Fsp3) is 0.214. The van der Waals surface area contributed by atoms with Crippen LogP contribution in [0.1, 0.15) is 35.7 Å². The molecule has 19 heavy (non-hydrogen) atoms. The van der Waals surface area contributed by atoms with Crippen LogP contribution in [0, 0.1) is 0 Å². The van der Waals surface area contributed by atoms with Gasteiger partial charge in [-0.2, -0.15) is 5.10 Å². The van der Waals surface area contributed by atoms with Gasteiger partial charge in [0.05, 0.1) is 6.20 Å². The molecule has 5 heteroatoms. The first-order valence-electron chi connectivity index (χ1n) is 5.92. The third-order valence-electron chi connectivity index (χ3n) is 2.96. The van der Waals surface area contributed by atoms with Gasteiger partial charge in [0.1, 0.15) is 5.56 Å². The highest BCUT2D eigenvalue weighted by atomic mass is 16.4. The number of benzene rings is 1. The van der Waals surface area contributed by atoms with Crippen molar-refractivity contribution < 1.29 is 9.90 Å². The summed E-state index contributed by atoms with van der Waals surface area (Å²) in [5.41, 5.74) is 1.16. The predicted molar refractivity (Wildman–Crippen MR) is 71.3 cm³/mol. The van der Waals surface area contributed by atoms with Crippen LogP contribution in [-0.4, -0.2) is 21.3 Å². The Kier molecular flexibility index (Phi) is 3.46. The predicted octanol–water partition coefficient (Wildman–Crippen LogP) is 2.26. The molecule has 1 aromatic heterocycles. The molecule has 0 unspecified atom stereocenters. The van der Waals surface area contributed by atoms with E-state index in [9.17, 15) is 9.59 Å². The Balaban J connectivity index is 2.56. The molecule has 2 rings (SSSR count). The third-order valence-corrected chi connectivity index (χ3v) is 2.96. The first kappa shape index (κ1) is 13.0. The molecule has 0 spiro atoms. The van der Waals surface area contributed by atoms with Crippen molar-refractivity contribution in [2.75, 3.05) is 0 Å². The van der Waals surface area contributed by atoms with Gasteiger partial charge in [-0.25, -0.2) is 9.89 Å². The number of carbonyl (C=O) groups is 1. The Morgan fingerprint density at radius 3 is 2.42 bits per heavy atom. The van der Waals surface area contributed by atoms with Gasteiger partial charge >= 0.3 is 5.97 Å². The molecule has 0 aliphatic rings. The second-order valence-electron chi connectivity index (χ2n) is 4.57. The van der Waals surface area contributed by atoms with Crippen LogP contribution in [-0.2, 0) is 0 Å². The quantitative estimate of drug-likeness (QED) is 0.884. The number of aromatic nitrogens is 2. The maximum absolute atomic E-state index is 11.5. The molecule has 0 radical (unpaired) electrons. The highest BCUT2D eigenvalue weighted by Gasteiger charge is 2.16. The maximum Gasteiger partial charge on any atom is 0.342 e. The Hall–Kier alpha value is -2.43. The number of hydrogen-bond acceptors (Lipinski definition) is 3. The minimum Gasteiger partial charge on any atom is -0.477 e. The molecule has 0 aliphatic carbocycles.